The summed E-state index contributed by atoms with van der Waals surface area (Å²) in [6, 6.07) is 9.96. The summed E-state index contributed by atoms with van der Waals surface area (Å²) in [6.07, 6.45) is 0. The highest BCUT2D eigenvalue weighted by atomic mass is 16.5. The number of piperazine rings is 1. The zero-order valence-corrected chi connectivity index (χ0v) is 16.6. The highest BCUT2D eigenvalue weighted by molar-refractivity contribution is 5.88. The molecule has 7 nitrogen and oxygen atoms in total. The standard InChI is InChI=1S/C21H25N5O2/c1-4-28-21(27)20-16(3)23-15(2)18(24-20)14-25-9-11-26(12-10-25)19-8-6-5-7-17(19)13-22/h5-8H,4,9-12,14H2,1-3H3. The van der Waals surface area contributed by atoms with Gasteiger partial charge in [0.05, 0.1) is 34.9 Å². The molecule has 3 rings (SSSR count). The number of carbonyl (C=O) groups is 1. The SMILES string of the molecule is CCOC(=O)c1nc(CN2CCN(c3ccccc3C#N)CC2)c(C)nc1C. The molecule has 2 heterocycles. The molecule has 0 bridgehead atoms. The fourth-order valence-electron chi connectivity index (χ4n) is 3.41. The normalized spacial score (nSPS) is 14.6. The minimum absolute atomic E-state index is 0.295. The van der Waals surface area contributed by atoms with Crippen molar-refractivity contribution in [2.75, 3.05) is 37.7 Å². The van der Waals surface area contributed by atoms with Gasteiger partial charge in [0.25, 0.3) is 0 Å². The van der Waals surface area contributed by atoms with Crippen LogP contribution in [-0.2, 0) is 11.3 Å². The molecule has 0 radical (unpaired) electrons. The number of nitrogens with zero attached hydrogens (tertiary/aromatic N) is 5. The Labute approximate surface area is 165 Å². The molecule has 0 N–H and O–H groups in total. The van der Waals surface area contributed by atoms with Crippen LogP contribution in [0.25, 0.3) is 0 Å². The van der Waals surface area contributed by atoms with Crippen molar-refractivity contribution < 1.29 is 9.53 Å². The van der Waals surface area contributed by atoms with Gasteiger partial charge in [-0.2, -0.15) is 5.26 Å². The number of rotatable bonds is 5. The molecular formula is C21H25N5O2. The van der Waals surface area contributed by atoms with Crippen LogP contribution in [-0.4, -0.2) is 53.6 Å². The fraction of sp³-hybridized carbons (Fsp3) is 0.429. The van der Waals surface area contributed by atoms with Gasteiger partial charge in [0.2, 0.25) is 0 Å². The second-order valence-corrected chi connectivity index (χ2v) is 6.80. The average Bonchev–Trinajstić information content (AvgIpc) is 2.70. The molecule has 0 spiro atoms. The summed E-state index contributed by atoms with van der Waals surface area (Å²) < 4.78 is 5.09. The third-order valence-corrected chi connectivity index (χ3v) is 4.92. The van der Waals surface area contributed by atoms with Gasteiger partial charge >= 0.3 is 5.97 Å². The Hall–Kier alpha value is -2.98. The Morgan fingerprint density at radius 3 is 2.54 bits per heavy atom. The Balaban J connectivity index is 1.69. The quantitative estimate of drug-likeness (QED) is 0.738. The maximum Gasteiger partial charge on any atom is 0.358 e. The molecular weight excluding hydrogens is 354 g/mol. The lowest BCUT2D eigenvalue weighted by Crippen LogP contribution is -2.46. The van der Waals surface area contributed by atoms with E-state index in [-0.39, 0.29) is 0 Å². The predicted molar refractivity (Wildman–Crippen MR) is 106 cm³/mol. The van der Waals surface area contributed by atoms with Gasteiger partial charge in [-0.1, -0.05) is 12.1 Å². The Bertz CT molecular complexity index is 898. The summed E-state index contributed by atoms with van der Waals surface area (Å²) in [7, 11) is 0. The lowest BCUT2D eigenvalue weighted by atomic mass is 10.1. The van der Waals surface area contributed by atoms with E-state index >= 15 is 0 Å². The van der Waals surface area contributed by atoms with Gasteiger partial charge in [0, 0.05) is 32.7 Å². The molecule has 1 saturated heterocycles. The number of para-hydroxylation sites is 1. The van der Waals surface area contributed by atoms with Crippen LogP contribution in [0.4, 0.5) is 5.69 Å². The molecule has 1 aromatic carbocycles. The molecule has 28 heavy (non-hydrogen) atoms. The average molecular weight is 379 g/mol. The number of benzene rings is 1. The van der Waals surface area contributed by atoms with Crippen molar-refractivity contribution in [1.29, 1.82) is 5.26 Å². The first-order valence-corrected chi connectivity index (χ1v) is 9.51. The molecule has 146 valence electrons. The number of carbonyl (C=O) groups excluding carboxylic acids is 1. The monoisotopic (exact) mass is 379 g/mol. The van der Waals surface area contributed by atoms with Gasteiger partial charge in [0.1, 0.15) is 6.07 Å². The van der Waals surface area contributed by atoms with E-state index in [0.717, 1.165) is 43.3 Å². The van der Waals surface area contributed by atoms with Crippen LogP contribution >= 0.6 is 0 Å². The third-order valence-electron chi connectivity index (χ3n) is 4.92. The third kappa shape index (κ3) is 4.29. The van der Waals surface area contributed by atoms with E-state index in [1.807, 2.05) is 31.2 Å². The van der Waals surface area contributed by atoms with Crippen molar-refractivity contribution in [2.24, 2.45) is 0 Å². The van der Waals surface area contributed by atoms with Gasteiger partial charge < -0.3 is 9.64 Å². The number of anilines is 1. The number of aryl methyl sites for hydroxylation is 2. The molecule has 1 aromatic heterocycles. The summed E-state index contributed by atoms with van der Waals surface area (Å²) in [5, 5.41) is 9.32. The predicted octanol–water partition coefficient (Wildman–Crippen LogP) is 2.46. The van der Waals surface area contributed by atoms with Crippen LogP contribution in [0.15, 0.2) is 24.3 Å². The van der Waals surface area contributed by atoms with Gasteiger partial charge in [-0.15, -0.1) is 0 Å². The second-order valence-electron chi connectivity index (χ2n) is 6.80. The molecule has 7 heteroatoms. The Morgan fingerprint density at radius 1 is 1.14 bits per heavy atom. The highest BCUT2D eigenvalue weighted by Crippen LogP contribution is 2.22. The van der Waals surface area contributed by atoms with Gasteiger partial charge in [-0.3, -0.25) is 9.88 Å². The maximum atomic E-state index is 12.1. The second kappa shape index (κ2) is 8.81. The Morgan fingerprint density at radius 2 is 1.86 bits per heavy atom. The van der Waals surface area contributed by atoms with Crippen molar-refractivity contribution in [1.82, 2.24) is 14.9 Å². The minimum Gasteiger partial charge on any atom is -0.461 e. The molecule has 1 fully saturated rings. The van der Waals surface area contributed by atoms with Gasteiger partial charge in [0.15, 0.2) is 5.69 Å². The lowest BCUT2D eigenvalue weighted by Gasteiger charge is -2.36. The number of hydrogen-bond donors (Lipinski definition) is 0. The number of hydrogen-bond acceptors (Lipinski definition) is 7. The number of ether oxygens (including phenoxy) is 1. The number of nitriles is 1. The van der Waals surface area contributed by atoms with Crippen LogP contribution in [0.1, 0.15) is 40.1 Å². The largest absolute Gasteiger partial charge is 0.461 e. The van der Waals surface area contributed by atoms with Crippen LogP contribution in [0.2, 0.25) is 0 Å². The van der Waals surface area contributed by atoms with E-state index in [4.69, 9.17) is 4.74 Å². The van der Waals surface area contributed by atoms with Crippen LogP contribution < -0.4 is 4.90 Å². The van der Waals surface area contributed by atoms with Crippen molar-refractivity contribution in [2.45, 2.75) is 27.3 Å². The first-order chi connectivity index (χ1) is 13.5. The zero-order valence-electron chi connectivity index (χ0n) is 16.6. The van der Waals surface area contributed by atoms with Crippen molar-refractivity contribution in [3.63, 3.8) is 0 Å². The fourth-order valence-corrected chi connectivity index (χ4v) is 3.41. The number of aromatic nitrogens is 2. The number of esters is 1. The van der Waals surface area contributed by atoms with Gasteiger partial charge in [-0.05, 0) is 32.9 Å². The smallest absolute Gasteiger partial charge is 0.358 e. The van der Waals surface area contributed by atoms with E-state index in [1.165, 1.54) is 0 Å². The van der Waals surface area contributed by atoms with Crippen molar-refractivity contribution in [3.8, 4) is 6.07 Å². The van der Waals surface area contributed by atoms with E-state index < -0.39 is 5.97 Å². The summed E-state index contributed by atoms with van der Waals surface area (Å²) in [4.78, 5) is 25.7. The lowest BCUT2D eigenvalue weighted by molar-refractivity contribution is 0.0517. The summed E-state index contributed by atoms with van der Waals surface area (Å²) in [5.74, 6) is -0.424. The summed E-state index contributed by atoms with van der Waals surface area (Å²) >= 11 is 0. The first-order valence-electron chi connectivity index (χ1n) is 9.51. The molecule has 0 amide bonds. The molecule has 1 aliphatic rings. The van der Waals surface area contributed by atoms with Crippen LogP contribution in [0, 0.1) is 25.2 Å². The molecule has 0 unspecified atom stereocenters. The summed E-state index contributed by atoms with van der Waals surface area (Å²) in [5.41, 5.74) is 4.22. The first kappa shape index (κ1) is 19.8. The molecule has 2 aromatic rings. The van der Waals surface area contributed by atoms with Crippen molar-refractivity contribution >= 4 is 11.7 Å². The highest BCUT2D eigenvalue weighted by Gasteiger charge is 2.22. The van der Waals surface area contributed by atoms with Gasteiger partial charge in [-0.25, -0.2) is 9.78 Å². The molecule has 0 saturated carbocycles. The zero-order chi connectivity index (χ0) is 20.1. The van der Waals surface area contributed by atoms with E-state index in [9.17, 15) is 10.1 Å². The maximum absolute atomic E-state index is 12.1. The van der Waals surface area contributed by atoms with Crippen LogP contribution in [0.5, 0.6) is 0 Å². The molecule has 0 aliphatic carbocycles. The van der Waals surface area contributed by atoms with E-state index in [2.05, 4.69) is 25.8 Å². The molecule has 0 atom stereocenters. The summed E-state index contributed by atoms with van der Waals surface area (Å²) in [6.45, 7) is 9.80. The van der Waals surface area contributed by atoms with Crippen molar-refractivity contribution in [3.05, 3.63) is 52.6 Å². The Kier molecular flexibility index (Phi) is 6.22. The molecule has 1 aliphatic heterocycles. The van der Waals surface area contributed by atoms with E-state index in [1.54, 1.807) is 13.8 Å². The van der Waals surface area contributed by atoms with Crippen LogP contribution in [0.3, 0.4) is 0 Å². The van der Waals surface area contributed by atoms with E-state index in [0.29, 0.717) is 30.1 Å². The topological polar surface area (TPSA) is 82.4 Å². The minimum atomic E-state index is -0.424.